The zero-order valence-corrected chi connectivity index (χ0v) is 27.1. The smallest absolute Gasteiger partial charge is 0.261 e. The van der Waals surface area contributed by atoms with Gasteiger partial charge in [-0.3, -0.25) is 14.5 Å². The Morgan fingerprint density at radius 2 is 1.64 bits per heavy atom. The molecule has 2 heterocycles. The first kappa shape index (κ1) is 32.7. The molecule has 0 unspecified atom stereocenters. The number of anilines is 1. The highest BCUT2D eigenvalue weighted by atomic mass is 19.1. The molecule has 0 aliphatic heterocycles. The normalized spacial score (nSPS) is 15.5. The summed E-state index contributed by atoms with van der Waals surface area (Å²) in [5.74, 6) is -3.03. The Morgan fingerprint density at radius 1 is 0.920 bits per heavy atom. The Morgan fingerprint density at radius 3 is 2.34 bits per heavy atom. The molecule has 0 spiro atoms. The van der Waals surface area contributed by atoms with Crippen molar-refractivity contribution in [2.24, 2.45) is 0 Å². The lowest BCUT2D eigenvalue weighted by atomic mass is 9.87. The molecular formula is C39H31F3N4O4. The van der Waals surface area contributed by atoms with Gasteiger partial charge in [-0.25, -0.2) is 23.1 Å². The van der Waals surface area contributed by atoms with Gasteiger partial charge in [-0.05, 0) is 91.1 Å². The molecule has 1 saturated carbocycles. The molecule has 7 rings (SSSR count). The van der Waals surface area contributed by atoms with Gasteiger partial charge in [-0.15, -0.1) is 0 Å². The molecule has 1 aliphatic carbocycles. The van der Waals surface area contributed by atoms with Gasteiger partial charge < -0.3 is 14.5 Å². The van der Waals surface area contributed by atoms with Crippen LogP contribution >= 0.6 is 0 Å². The summed E-state index contributed by atoms with van der Waals surface area (Å²) in [6, 6.07) is 21.8. The molecule has 6 aromatic rings. The first-order valence-electron chi connectivity index (χ1n) is 16.0. The maximum absolute atomic E-state index is 16.7. The monoisotopic (exact) mass is 676 g/mol. The summed E-state index contributed by atoms with van der Waals surface area (Å²) >= 11 is 0. The fraction of sp³-hybridized carbons (Fsp3) is 0.179. The number of carbonyl (C=O) groups excluding carboxylic acids is 2. The van der Waals surface area contributed by atoms with E-state index >= 15 is 8.78 Å². The van der Waals surface area contributed by atoms with Gasteiger partial charge >= 0.3 is 0 Å². The molecule has 252 valence electrons. The van der Waals surface area contributed by atoms with Crippen LogP contribution in [0.25, 0.3) is 33.4 Å². The second kappa shape index (κ2) is 13.6. The summed E-state index contributed by atoms with van der Waals surface area (Å²) in [5, 5.41) is 2.38. The topological polar surface area (TPSA) is 97.6 Å². The number of aromatic nitrogens is 2. The van der Waals surface area contributed by atoms with Gasteiger partial charge in [-0.2, -0.15) is 0 Å². The third-order valence-electron chi connectivity index (χ3n) is 8.98. The van der Waals surface area contributed by atoms with Crippen LogP contribution in [-0.2, 0) is 11.3 Å². The Kier molecular flexibility index (Phi) is 8.90. The van der Waals surface area contributed by atoms with Crippen LogP contribution in [0.5, 0.6) is 0 Å². The number of amides is 2. The van der Waals surface area contributed by atoms with Crippen molar-refractivity contribution in [3.05, 3.63) is 137 Å². The van der Waals surface area contributed by atoms with Crippen molar-refractivity contribution in [2.45, 2.75) is 38.5 Å². The number of halogens is 3. The van der Waals surface area contributed by atoms with Crippen molar-refractivity contribution >= 4 is 28.7 Å². The average Bonchev–Trinajstić information content (AvgIpc) is 3.52. The maximum Gasteiger partial charge on any atom is 0.261 e. The maximum atomic E-state index is 16.7. The van der Waals surface area contributed by atoms with Crippen LogP contribution in [0.2, 0.25) is 0 Å². The van der Waals surface area contributed by atoms with Gasteiger partial charge in [-0.1, -0.05) is 30.3 Å². The van der Waals surface area contributed by atoms with Gasteiger partial charge in [0.15, 0.2) is 0 Å². The Balaban J connectivity index is 1.25. The number of benzene rings is 4. The van der Waals surface area contributed by atoms with Crippen molar-refractivity contribution in [3.63, 3.8) is 0 Å². The Labute approximate surface area is 285 Å². The molecule has 50 heavy (non-hydrogen) atoms. The van der Waals surface area contributed by atoms with E-state index in [0.717, 1.165) is 11.6 Å². The SMILES string of the molecule is CNC(=O)c1c(-c2ccc(F)cc2)oc2ccc(-c3cc(C(=O)N(c4ncccn4)C4CC(OCc5ccccc5)C4)cc(F)c3C)c(F)c12. The zero-order valence-electron chi connectivity index (χ0n) is 27.1. The molecular weight excluding hydrogens is 645 g/mol. The largest absolute Gasteiger partial charge is 0.455 e. The minimum atomic E-state index is -0.842. The summed E-state index contributed by atoms with van der Waals surface area (Å²) in [7, 11) is 1.40. The fourth-order valence-electron chi connectivity index (χ4n) is 6.23. The van der Waals surface area contributed by atoms with Gasteiger partial charge in [0.05, 0.1) is 23.7 Å². The van der Waals surface area contributed by atoms with E-state index in [1.165, 1.54) is 73.7 Å². The highest BCUT2D eigenvalue weighted by molar-refractivity contribution is 6.12. The van der Waals surface area contributed by atoms with Crippen molar-refractivity contribution < 1.29 is 31.9 Å². The van der Waals surface area contributed by atoms with Crippen LogP contribution in [0.3, 0.4) is 0 Å². The zero-order chi connectivity index (χ0) is 34.9. The first-order valence-corrected chi connectivity index (χ1v) is 16.0. The second-order valence-electron chi connectivity index (χ2n) is 12.1. The predicted octanol–water partition coefficient (Wildman–Crippen LogP) is 8.04. The van der Waals surface area contributed by atoms with E-state index in [1.54, 1.807) is 6.07 Å². The van der Waals surface area contributed by atoms with Gasteiger partial charge in [0, 0.05) is 42.2 Å². The van der Waals surface area contributed by atoms with Crippen LogP contribution < -0.4 is 10.2 Å². The molecule has 1 aliphatic rings. The van der Waals surface area contributed by atoms with Crippen molar-refractivity contribution in [3.8, 4) is 22.5 Å². The van der Waals surface area contributed by atoms with E-state index in [1.807, 2.05) is 30.3 Å². The third-order valence-corrected chi connectivity index (χ3v) is 8.98. The molecule has 4 aromatic carbocycles. The van der Waals surface area contributed by atoms with Crippen molar-refractivity contribution in [2.75, 3.05) is 11.9 Å². The van der Waals surface area contributed by atoms with E-state index in [4.69, 9.17) is 9.15 Å². The third kappa shape index (κ3) is 6.12. The number of nitrogens with zero attached hydrogens (tertiary/aromatic N) is 3. The highest BCUT2D eigenvalue weighted by Crippen LogP contribution is 2.40. The van der Waals surface area contributed by atoms with Gasteiger partial charge in [0.2, 0.25) is 5.95 Å². The van der Waals surface area contributed by atoms with Crippen LogP contribution in [0, 0.1) is 24.4 Å². The van der Waals surface area contributed by atoms with E-state index in [2.05, 4.69) is 15.3 Å². The van der Waals surface area contributed by atoms with Crippen LogP contribution in [0.4, 0.5) is 19.1 Å². The minimum Gasteiger partial charge on any atom is -0.455 e. The van der Waals surface area contributed by atoms with Crippen LogP contribution in [0.1, 0.15) is 44.7 Å². The van der Waals surface area contributed by atoms with Gasteiger partial charge in [0.1, 0.15) is 28.8 Å². The summed E-state index contributed by atoms with van der Waals surface area (Å²) in [4.78, 5) is 37.4. The van der Waals surface area contributed by atoms with E-state index in [-0.39, 0.29) is 62.6 Å². The molecule has 0 saturated heterocycles. The quantitative estimate of drug-likeness (QED) is 0.167. The van der Waals surface area contributed by atoms with E-state index in [9.17, 15) is 14.0 Å². The standard InChI is InChI=1S/C39H31F3N4O4/c1-22-30(29-13-14-32-33(35(29)42)34(37(47)43-2)36(50-32)24-9-11-26(40)12-10-24)17-25(18-31(22)41)38(48)46(39-44-15-6-16-45-39)27-19-28(20-27)49-21-23-7-4-3-5-8-23/h3-18,27-28H,19-21H2,1-2H3,(H,43,47). The number of hydrogen-bond acceptors (Lipinski definition) is 6. The average molecular weight is 677 g/mol. The Bertz CT molecular complexity index is 2200. The Hall–Kier alpha value is -5.81. The molecule has 0 radical (unpaired) electrons. The number of furan rings is 1. The van der Waals surface area contributed by atoms with E-state index in [0.29, 0.717) is 25.0 Å². The lowest BCUT2D eigenvalue weighted by Crippen LogP contribution is -2.51. The molecule has 2 amide bonds. The lowest BCUT2D eigenvalue weighted by Gasteiger charge is -2.41. The van der Waals surface area contributed by atoms with Crippen molar-refractivity contribution in [1.29, 1.82) is 0 Å². The van der Waals surface area contributed by atoms with Gasteiger partial charge in [0.25, 0.3) is 11.8 Å². The predicted molar refractivity (Wildman–Crippen MR) is 182 cm³/mol. The molecule has 0 atom stereocenters. The number of rotatable bonds is 9. The second-order valence-corrected chi connectivity index (χ2v) is 12.1. The fourth-order valence-corrected chi connectivity index (χ4v) is 6.23. The molecule has 11 heteroatoms. The number of ether oxygens (including phenoxy) is 1. The van der Waals surface area contributed by atoms with Crippen LogP contribution in [-0.4, -0.2) is 41.0 Å². The highest BCUT2D eigenvalue weighted by Gasteiger charge is 2.39. The molecule has 8 nitrogen and oxygen atoms in total. The first-order chi connectivity index (χ1) is 24.2. The molecule has 2 aromatic heterocycles. The molecule has 1 N–H and O–H groups in total. The summed E-state index contributed by atoms with van der Waals surface area (Å²) in [6.45, 7) is 1.92. The van der Waals surface area contributed by atoms with Crippen molar-refractivity contribution in [1.82, 2.24) is 15.3 Å². The van der Waals surface area contributed by atoms with Crippen LogP contribution in [0.15, 0.2) is 102 Å². The summed E-state index contributed by atoms with van der Waals surface area (Å²) < 4.78 is 58.0. The molecule has 1 fully saturated rings. The number of carbonyl (C=O) groups is 2. The number of hydrogen-bond donors (Lipinski definition) is 1. The summed E-state index contributed by atoms with van der Waals surface area (Å²) in [5.41, 5.74) is 1.51. The molecule has 0 bridgehead atoms. The minimum absolute atomic E-state index is 0.0329. The number of fused-ring (bicyclic) bond motifs is 1. The summed E-state index contributed by atoms with van der Waals surface area (Å²) in [6.07, 6.45) is 3.97. The number of nitrogens with one attached hydrogen (secondary N) is 1. The lowest BCUT2D eigenvalue weighted by molar-refractivity contribution is -0.0200. The van der Waals surface area contributed by atoms with E-state index < -0.39 is 29.3 Å².